The first-order valence-corrected chi connectivity index (χ1v) is 7.00. The van der Waals surface area contributed by atoms with Crippen LogP contribution in [-0.2, 0) is 25.6 Å². The highest BCUT2D eigenvalue weighted by Gasteiger charge is 2.01. The molecule has 1 aromatic carbocycles. The summed E-state index contributed by atoms with van der Waals surface area (Å²) in [7, 11) is 0. The van der Waals surface area contributed by atoms with Gasteiger partial charge in [-0.25, -0.2) is 4.79 Å². The van der Waals surface area contributed by atoms with Gasteiger partial charge in [0.1, 0.15) is 6.61 Å². The third kappa shape index (κ3) is 9.73. The lowest BCUT2D eigenvalue weighted by atomic mass is 10.2. The van der Waals surface area contributed by atoms with Crippen molar-refractivity contribution in [1.82, 2.24) is 5.32 Å². The Morgan fingerprint density at radius 1 is 1.00 bits per heavy atom. The van der Waals surface area contributed by atoms with Crippen molar-refractivity contribution in [3.63, 3.8) is 0 Å². The maximum Gasteiger partial charge on any atom is 0.407 e. The zero-order chi connectivity index (χ0) is 16.0. The number of carboxylic acids is 1. The Morgan fingerprint density at radius 3 is 2.36 bits per heavy atom. The number of benzene rings is 1. The van der Waals surface area contributed by atoms with Crippen LogP contribution in [0.4, 0.5) is 4.79 Å². The van der Waals surface area contributed by atoms with Gasteiger partial charge in [0.25, 0.3) is 0 Å². The van der Waals surface area contributed by atoms with Crippen molar-refractivity contribution in [1.29, 1.82) is 0 Å². The zero-order valence-corrected chi connectivity index (χ0v) is 12.3. The Hall–Kier alpha value is -2.12. The highest BCUT2D eigenvalue weighted by molar-refractivity contribution is 5.67. The molecule has 1 amide bonds. The van der Waals surface area contributed by atoms with Gasteiger partial charge in [-0.1, -0.05) is 30.3 Å². The van der Waals surface area contributed by atoms with E-state index in [2.05, 4.69) is 5.32 Å². The zero-order valence-electron chi connectivity index (χ0n) is 12.3. The number of ether oxygens (including phenoxy) is 3. The predicted molar refractivity (Wildman–Crippen MR) is 78.5 cm³/mol. The molecule has 0 saturated heterocycles. The average molecular weight is 311 g/mol. The van der Waals surface area contributed by atoms with Crippen LogP contribution in [0, 0.1) is 0 Å². The number of amides is 1. The summed E-state index contributed by atoms with van der Waals surface area (Å²) in [5, 5.41) is 11.0. The molecule has 1 rings (SSSR count). The van der Waals surface area contributed by atoms with Crippen molar-refractivity contribution in [2.45, 2.75) is 13.0 Å². The molecule has 0 radical (unpaired) electrons. The molecule has 0 bridgehead atoms. The molecule has 122 valence electrons. The molecular weight excluding hydrogens is 290 g/mol. The number of aliphatic carboxylic acids is 1. The standard InChI is InChI=1S/C15H21NO6/c17-14(18)6-8-20-10-11-21-9-7-16-15(19)22-12-13-4-2-1-3-5-13/h1-5H,6-12H2,(H,16,19)(H,17,18). The van der Waals surface area contributed by atoms with Gasteiger partial charge in [-0.2, -0.15) is 0 Å². The van der Waals surface area contributed by atoms with Crippen LogP contribution in [0.15, 0.2) is 30.3 Å². The molecule has 22 heavy (non-hydrogen) atoms. The summed E-state index contributed by atoms with van der Waals surface area (Å²) in [6, 6.07) is 9.40. The molecule has 0 aliphatic heterocycles. The first kappa shape index (κ1) is 17.9. The maximum absolute atomic E-state index is 11.4. The van der Waals surface area contributed by atoms with E-state index in [1.54, 1.807) is 0 Å². The van der Waals surface area contributed by atoms with Crippen molar-refractivity contribution in [2.75, 3.05) is 33.0 Å². The van der Waals surface area contributed by atoms with Crippen LogP contribution in [0.2, 0.25) is 0 Å². The molecule has 0 aliphatic carbocycles. The molecule has 0 atom stereocenters. The van der Waals surface area contributed by atoms with Crippen molar-refractivity contribution < 1.29 is 28.9 Å². The van der Waals surface area contributed by atoms with Gasteiger partial charge in [0.2, 0.25) is 0 Å². The van der Waals surface area contributed by atoms with E-state index in [1.165, 1.54) is 0 Å². The normalized spacial score (nSPS) is 10.2. The van der Waals surface area contributed by atoms with Crippen molar-refractivity contribution in [3.8, 4) is 0 Å². The summed E-state index contributed by atoms with van der Waals surface area (Å²) in [6.45, 7) is 1.74. The molecule has 0 spiro atoms. The van der Waals surface area contributed by atoms with Crippen LogP contribution in [-0.4, -0.2) is 50.1 Å². The molecule has 0 aliphatic rings. The van der Waals surface area contributed by atoms with E-state index >= 15 is 0 Å². The highest BCUT2D eigenvalue weighted by Crippen LogP contribution is 2.00. The topological polar surface area (TPSA) is 94.1 Å². The van der Waals surface area contributed by atoms with Gasteiger partial charge in [-0.05, 0) is 5.56 Å². The molecule has 0 fully saturated rings. The van der Waals surface area contributed by atoms with E-state index in [9.17, 15) is 9.59 Å². The fourth-order valence-corrected chi connectivity index (χ4v) is 1.48. The first-order valence-electron chi connectivity index (χ1n) is 7.00. The minimum absolute atomic E-state index is 0.0190. The van der Waals surface area contributed by atoms with Crippen LogP contribution in [0.1, 0.15) is 12.0 Å². The van der Waals surface area contributed by atoms with E-state index in [0.717, 1.165) is 5.56 Å². The molecule has 0 saturated carbocycles. The van der Waals surface area contributed by atoms with Gasteiger partial charge in [0.15, 0.2) is 0 Å². The minimum Gasteiger partial charge on any atom is -0.481 e. The van der Waals surface area contributed by atoms with Gasteiger partial charge < -0.3 is 24.6 Å². The van der Waals surface area contributed by atoms with Crippen LogP contribution < -0.4 is 5.32 Å². The molecule has 0 aromatic heterocycles. The largest absolute Gasteiger partial charge is 0.481 e. The van der Waals surface area contributed by atoms with Gasteiger partial charge in [-0.3, -0.25) is 4.79 Å². The fraction of sp³-hybridized carbons (Fsp3) is 0.467. The lowest BCUT2D eigenvalue weighted by Gasteiger charge is -2.08. The third-order valence-corrected chi connectivity index (χ3v) is 2.56. The summed E-state index contributed by atoms with van der Waals surface area (Å²) in [5.74, 6) is -0.890. The Kier molecular flexibility index (Phi) is 9.40. The van der Waals surface area contributed by atoms with Crippen molar-refractivity contribution in [3.05, 3.63) is 35.9 Å². The number of hydrogen-bond donors (Lipinski definition) is 2. The van der Waals surface area contributed by atoms with E-state index in [-0.39, 0.29) is 19.6 Å². The smallest absolute Gasteiger partial charge is 0.407 e. The van der Waals surface area contributed by atoms with E-state index in [0.29, 0.717) is 26.4 Å². The van der Waals surface area contributed by atoms with Gasteiger partial charge >= 0.3 is 12.1 Å². The quantitative estimate of drug-likeness (QED) is 0.600. The van der Waals surface area contributed by atoms with E-state index < -0.39 is 12.1 Å². The number of rotatable bonds is 11. The Morgan fingerprint density at radius 2 is 1.68 bits per heavy atom. The van der Waals surface area contributed by atoms with E-state index in [4.69, 9.17) is 19.3 Å². The highest BCUT2D eigenvalue weighted by atomic mass is 16.5. The Balaban J connectivity index is 1.89. The van der Waals surface area contributed by atoms with Crippen LogP contribution in [0.25, 0.3) is 0 Å². The number of carbonyl (C=O) groups is 2. The Labute approximate surface area is 129 Å². The number of carbonyl (C=O) groups excluding carboxylic acids is 1. The fourth-order valence-electron chi connectivity index (χ4n) is 1.48. The average Bonchev–Trinajstić information content (AvgIpc) is 2.52. The van der Waals surface area contributed by atoms with E-state index in [1.807, 2.05) is 30.3 Å². The number of nitrogens with one attached hydrogen (secondary N) is 1. The second kappa shape index (κ2) is 11.5. The maximum atomic E-state index is 11.4. The van der Waals surface area contributed by atoms with Gasteiger partial charge in [0, 0.05) is 6.54 Å². The third-order valence-electron chi connectivity index (χ3n) is 2.56. The summed E-state index contributed by atoms with van der Waals surface area (Å²) >= 11 is 0. The summed E-state index contributed by atoms with van der Waals surface area (Å²) in [5.41, 5.74) is 0.924. The molecule has 2 N–H and O–H groups in total. The molecule has 7 heteroatoms. The van der Waals surface area contributed by atoms with Gasteiger partial charge in [0.05, 0.1) is 32.8 Å². The summed E-state index contributed by atoms with van der Waals surface area (Å²) in [4.78, 5) is 21.6. The number of carboxylic acid groups (broad SMARTS) is 1. The lowest BCUT2D eigenvalue weighted by Crippen LogP contribution is -2.28. The number of hydrogen-bond acceptors (Lipinski definition) is 5. The summed E-state index contributed by atoms with van der Waals surface area (Å²) in [6.07, 6.45) is -0.514. The first-order chi connectivity index (χ1) is 10.7. The second-order valence-corrected chi connectivity index (χ2v) is 4.36. The molecule has 0 unspecified atom stereocenters. The lowest BCUT2D eigenvalue weighted by molar-refractivity contribution is -0.138. The monoisotopic (exact) mass is 311 g/mol. The van der Waals surface area contributed by atoms with Crippen molar-refractivity contribution >= 4 is 12.1 Å². The SMILES string of the molecule is O=C(O)CCOCCOCCNC(=O)OCc1ccccc1. The molecule has 7 nitrogen and oxygen atoms in total. The summed E-state index contributed by atoms with van der Waals surface area (Å²) < 4.78 is 15.3. The molecule has 1 aromatic rings. The second-order valence-electron chi connectivity index (χ2n) is 4.36. The minimum atomic E-state index is -0.890. The number of alkyl carbamates (subject to hydrolysis) is 1. The Bertz CT molecular complexity index is 437. The van der Waals surface area contributed by atoms with Crippen LogP contribution in [0.3, 0.4) is 0 Å². The van der Waals surface area contributed by atoms with Crippen LogP contribution >= 0.6 is 0 Å². The molecular formula is C15H21NO6. The van der Waals surface area contributed by atoms with Crippen molar-refractivity contribution in [2.24, 2.45) is 0 Å². The van der Waals surface area contributed by atoms with Gasteiger partial charge in [-0.15, -0.1) is 0 Å². The van der Waals surface area contributed by atoms with Crippen LogP contribution in [0.5, 0.6) is 0 Å². The molecule has 0 heterocycles. The predicted octanol–water partition coefficient (Wildman–Crippen LogP) is 1.42.